The van der Waals surface area contributed by atoms with Gasteiger partial charge in [-0.2, -0.15) is 0 Å². The lowest BCUT2D eigenvalue weighted by molar-refractivity contribution is 0.211. The van der Waals surface area contributed by atoms with Crippen molar-refractivity contribution in [1.82, 2.24) is 10.2 Å². The summed E-state index contributed by atoms with van der Waals surface area (Å²) < 4.78 is 0. The standard InChI is InChI=1S/C16H25N3/c17-11-13-4-6-14(7-5-13)15-10-16(15)18-12-19-8-2-1-3-9-19/h4-7,15-16,18H,1-3,8-12,17H2/t15-,16+/m0/s1. The van der Waals surface area contributed by atoms with E-state index in [9.17, 15) is 0 Å². The van der Waals surface area contributed by atoms with Crippen LogP contribution in [0.3, 0.4) is 0 Å². The number of piperidine rings is 1. The molecule has 2 fully saturated rings. The normalized spacial score (nSPS) is 27.4. The smallest absolute Gasteiger partial charge is 0.0482 e. The highest BCUT2D eigenvalue weighted by Gasteiger charge is 2.37. The molecule has 2 atom stereocenters. The molecule has 1 aliphatic carbocycles. The summed E-state index contributed by atoms with van der Waals surface area (Å²) in [6.07, 6.45) is 5.44. The van der Waals surface area contributed by atoms with Gasteiger partial charge in [-0.1, -0.05) is 30.7 Å². The first-order valence-corrected chi connectivity index (χ1v) is 7.61. The molecule has 19 heavy (non-hydrogen) atoms. The molecule has 1 aromatic carbocycles. The zero-order valence-electron chi connectivity index (χ0n) is 11.6. The summed E-state index contributed by atoms with van der Waals surface area (Å²) in [4.78, 5) is 2.55. The molecular formula is C16H25N3. The second-order valence-corrected chi connectivity index (χ2v) is 5.94. The fourth-order valence-corrected chi connectivity index (χ4v) is 3.05. The number of benzene rings is 1. The van der Waals surface area contributed by atoms with Crippen LogP contribution in [-0.4, -0.2) is 30.7 Å². The highest BCUT2D eigenvalue weighted by Crippen LogP contribution is 2.40. The maximum atomic E-state index is 5.63. The Bertz CT molecular complexity index is 395. The summed E-state index contributed by atoms with van der Waals surface area (Å²) in [5, 5.41) is 3.70. The molecule has 1 saturated heterocycles. The van der Waals surface area contributed by atoms with Crippen molar-refractivity contribution in [2.75, 3.05) is 19.8 Å². The Morgan fingerprint density at radius 2 is 1.84 bits per heavy atom. The van der Waals surface area contributed by atoms with Gasteiger partial charge in [-0.15, -0.1) is 0 Å². The Balaban J connectivity index is 1.44. The van der Waals surface area contributed by atoms with Crippen molar-refractivity contribution in [2.24, 2.45) is 5.73 Å². The molecule has 0 bridgehead atoms. The van der Waals surface area contributed by atoms with Gasteiger partial charge in [0, 0.05) is 25.2 Å². The van der Waals surface area contributed by atoms with Crippen molar-refractivity contribution in [3.8, 4) is 0 Å². The number of hydrogen-bond acceptors (Lipinski definition) is 3. The van der Waals surface area contributed by atoms with E-state index >= 15 is 0 Å². The third-order valence-corrected chi connectivity index (χ3v) is 4.46. The summed E-state index contributed by atoms with van der Waals surface area (Å²) in [5.41, 5.74) is 8.32. The molecule has 3 nitrogen and oxygen atoms in total. The van der Waals surface area contributed by atoms with Gasteiger partial charge >= 0.3 is 0 Å². The Morgan fingerprint density at radius 1 is 1.11 bits per heavy atom. The van der Waals surface area contributed by atoms with Crippen molar-refractivity contribution < 1.29 is 0 Å². The molecule has 0 unspecified atom stereocenters. The van der Waals surface area contributed by atoms with Gasteiger partial charge in [0.25, 0.3) is 0 Å². The van der Waals surface area contributed by atoms with E-state index in [1.807, 2.05) is 0 Å². The predicted octanol–water partition coefficient (Wildman–Crippen LogP) is 2.03. The quantitative estimate of drug-likeness (QED) is 0.850. The number of likely N-dealkylation sites (tertiary alicyclic amines) is 1. The number of hydrogen-bond donors (Lipinski definition) is 2. The first-order chi connectivity index (χ1) is 9.36. The molecule has 0 radical (unpaired) electrons. The van der Waals surface area contributed by atoms with Crippen LogP contribution < -0.4 is 11.1 Å². The minimum atomic E-state index is 0.640. The van der Waals surface area contributed by atoms with Crippen LogP contribution in [0.25, 0.3) is 0 Å². The predicted molar refractivity (Wildman–Crippen MR) is 78.9 cm³/mol. The highest BCUT2D eigenvalue weighted by atomic mass is 15.2. The number of nitrogens with zero attached hydrogens (tertiary/aromatic N) is 1. The summed E-state index contributed by atoms with van der Waals surface area (Å²) in [5.74, 6) is 0.719. The molecular weight excluding hydrogens is 234 g/mol. The number of rotatable bonds is 5. The summed E-state index contributed by atoms with van der Waals surface area (Å²) in [6.45, 7) is 4.26. The molecule has 1 saturated carbocycles. The van der Waals surface area contributed by atoms with Gasteiger partial charge in [-0.3, -0.25) is 4.90 Å². The largest absolute Gasteiger partial charge is 0.326 e. The highest BCUT2D eigenvalue weighted by molar-refractivity contribution is 5.30. The van der Waals surface area contributed by atoms with E-state index in [0.29, 0.717) is 12.6 Å². The van der Waals surface area contributed by atoms with Crippen molar-refractivity contribution in [2.45, 2.75) is 44.2 Å². The van der Waals surface area contributed by atoms with E-state index in [2.05, 4.69) is 34.5 Å². The Labute approximate surface area is 116 Å². The van der Waals surface area contributed by atoms with E-state index in [0.717, 1.165) is 12.6 Å². The Hall–Kier alpha value is -0.900. The molecule has 3 rings (SSSR count). The molecule has 1 aromatic rings. The minimum absolute atomic E-state index is 0.640. The molecule has 3 N–H and O–H groups in total. The van der Waals surface area contributed by atoms with Gasteiger partial charge < -0.3 is 11.1 Å². The molecule has 0 aromatic heterocycles. The maximum Gasteiger partial charge on any atom is 0.0482 e. The summed E-state index contributed by atoms with van der Waals surface area (Å²) >= 11 is 0. The van der Waals surface area contributed by atoms with E-state index in [1.54, 1.807) is 0 Å². The van der Waals surface area contributed by atoms with Crippen molar-refractivity contribution in [3.63, 3.8) is 0 Å². The molecule has 0 spiro atoms. The van der Waals surface area contributed by atoms with Gasteiger partial charge in [0.15, 0.2) is 0 Å². The monoisotopic (exact) mass is 259 g/mol. The SMILES string of the molecule is NCc1ccc([C@@H]2C[C@H]2NCN2CCCCC2)cc1. The van der Waals surface area contributed by atoms with Crippen LogP contribution in [0.1, 0.15) is 42.7 Å². The molecule has 0 amide bonds. The minimum Gasteiger partial charge on any atom is -0.326 e. The van der Waals surface area contributed by atoms with Gasteiger partial charge in [-0.05, 0) is 43.5 Å². The lowest BCUT2D eigenvalue weighted by atomic mass is 10.1. The van der Waals surface area contributed by atoms with Gasteiger partial charge in [0.05, 0.1) is 0 Å². The van der Waals surface area contributed by atoms with Crippen LogP contribution >= 0.6 is 0 Å². The Morgan fingerprint density at radius 3 is 2.53 bits per heavy atom. The van der Waals surface area contributed by atoms with Crippen LogP contribution in [0.4, 0.5) is 0 Å². The zero-order valence-corrected chi connectivity index (χ0v) is 11.6. The Kier molecular flexibility index (Phi) is 4.16. The van der Waals surface area contributed by atoms with Crippen LogP contribution in [0.2, 0.25) is 0 Å². The fourth-order valence-electron chi connectivity index (χ4n) is 3.05. The average Bonchev–Trinajstić information content (AvgIpc) is 3.26. The van der Waals surface area contributed by atoms with Crippen molar-refractivity contribution in [3.05, 3.63) is 35.4 Å². The number of nitrogens with two attached hydrogens (primary N) is 1. The van der Waals surface area contributed by atoms with Crippen LogP contribution in [-0.2, 0) is 6.54 Å². The zero-order chi connectivity index (χ0) is 13.1. The van der Waals surface area contributed by atoms with E-state index in [1.165, 1.54) is 49.9 Å². The molecule has 104 valence electrons. The lowest BCUT2D eigenvalue weighted by Crippen LogP contribution is -2.38. The van der Waals surface area contributed by atoms with E-state index in [4.69, 9.17) is 5.73 Å². The second-order valence-electron chi connectivity index (χ2n) is 5.94. The van der Waals surface area contributed by atoms with Crippen LogP contribution in [0.5, 0.6) is 0 Å². The van der Waals surface area contributed by atoms with E-state index in [-0.39, 0.29) is 0 Å². The first kappa shape index (κ1) is 13.1. The molecule has 1 aliphatic heterocycles. The third-order valence-electron chi connectivity index (χ3n) is 4.46. The van der Waals surface area contributed by atoms with Crippen LogP contribution in [0, 0.1) is 0 Å². The maximum absolute atomic E-state index is 5.63. The average molecular weight is 259 g/mol. The number of nitrogens with one attached hydrogen (secondary N) is 1. The van der Waals surface area contributed by atoms with Gasteiger partial charge in [0.1, 0.15) is 0 Å². The van der Waals surface area contributed by atoms with Crippen molar-refractivity contribution in [1.29, 1.82) is 0 Å². The van der Waals surface area contributed by atoms with Crippen molar-refractivity contribution >= 4 is 0 Å². The second kappa shape index (κ2) is 6.04. The summed E-state index contributed by atoms with van der Waals surface area (Å²) in [6, 6.07) is 9.50. The first-order valence-electron chi connectivity index (χ1n) is 7.61. The molecule has 2 aliphatic rings. The fraction of sp³-hybridized carbons (Fsp3) is 0.625. The van der Waals surface area contributed by atoms with Gasteiger partial charge in [-0.25, -0.2) is 0 Å². The van der Waals surface area contributed by atoms with E-state index < -0.39 is 0 Å². The van der Waals surface area contributed by atoms with Crippen LogP contribution in [0.15, 0.2) is 24.3 Å². The molecule has 1 heterocycles. The lowest BCUT2D eigenvalue weighted by Gasteiger charge is -2.26. The molecule has 3 heteroatoms. The van der Waals surface area contributed by atoms with Gasteiger partial charge in [0.2, 0.25) is 0 Å². The third kappa shape index (κ3) is 3.35. The summed E-state index contributed by atoms with van der Waals surface area (Å²) in [7, 11) is 0. The topological polar surface area (TPSA) is 41.3 Å².